The minimum absolute atomic E-state index is 0.182. The van der Waals surface area contributed by atoms with Crippen LogP contribution < -0.4 is 5.73 Å². The van der Waals surface area contributed by atoms with Gasteiger partial charge in [0.15, 0.2) is 0 Å². The maximum absolute atomic E-state index is 6.30. The molecule has 0 rings (SSSR count). The van der Waals surface area contributed by atoms with Gasteiger partial charge < -0.3 is 5.73 Å². The Morgan fingerprint density at radius 1 is 1.00 bits per heavy atom. The highest BCUT2D eigenvalue weighted by molar-refractivity contribution is 4.78. The molecule has 0 aromatic carbocycles. The SMILES string of the molecule is CCCCN(CCCC)C(N)C(C)(C)C. The Bertz CT molecular complexity index is 141. The summed E-state index contributed by atoms with van der Waals surface area (Å²) in [6.45, 7) is 13.4. The van der Waals surface area contributed by atoms with E-state index in [2.05, 4.69) is 39.5 Å². The number of hydrogen-bond donors (Lipinski definition) is 1. The second-order valence-corrected chi connectivity index (χ2v) is 5.55. The fourth-order valence-corrected chi connectivity index (χ4v) is 1.66. The predicted molar refractivity (Wildman–Crippen MR) is 68.8 cm³/mol. The molecular formula is C13H30N2. The van der Waals surface area contributed by atoms with Crippen LogP contribution >= 0.6 is 0 Å². The molecule has 0 aliphatic heterocycles. The average molecular weight is 214 g/mol. The lowest BCUT2D eigenvalue weighted by molar-refractivity contribution is 0.100. The molecule has 2 N–H and O–H groups in total. The van der Waals surface area contributed by atoms with Gasteiger partial charge in [0.1, 0.15) is 0 Å². The molecule has 0 heterocycles. The van der Waals surface area contributed by atoms with Crippen LogP contribution in [0.2, 0.25) is 0 Å². The predicted octanol–water partition coefficient (Wildman–Crippen LogP) is 3.22. The Balaban J connectivity index is 4.20. The van der Waals surface area contributed by atoms with Gasteiger partial charge in [0, 0.05) is 0 Å². The highest BCUT2D eigenvalue weighted by atomic mass is 15.2. The maximum Gasteiger partial charge on any atom is 0.0621 e. The zero-order valence-electron chi connectivity index (χ0n) is 11.3. The van der Waals surface area contributed by atoms with Crippen molar-refractivity contribution in [2.24, 2.45) is 11.1 Å². The van der Waals surface area contributed by atoms with Gasteiger partial charge in [-0.3, -0.25) is 4.90 Å². The lowest BCUT2D eigenvalue weighted by atomic mass is 9.91. The molecule has 0 aliphatic carbocycles. The van der Waals surface area contributed by atoms with Gasteiger partial charge in [0.05, 0.1) is 6.17 Å². The van der Waals surface area contributed by atoms with Crippen LogP contribution in [-0.4, -0.2) is 24.2 Å². The Morgan fingerprint density at radius 3 is 1.67 bits per heavy atom. The van der Waals surface area contributed by atoms with Crippen LogP contribution in [0.4, 0.5) is 0 Å². The van der Waals surface area contributed by atoms with Crippen LogP contribution in [-0.2, 0) is 0 Å². The summed E-state index contributed by atoms with van der Waals surface area (Å²) in [6.07, 6.45) is 5.20. The summed E-state index contributed by atoms with van der Waals surface area (Å²) in [7, 11) is 0. The molecule has 0 aliphatic rings. The third-order valence-corrected chi connectivity index (χ3v) is 2.88. The van der Waals surface area contributed by atoms with Gasteiger partial charge in [-0.15, -0.1) is 0 Å². The molecule has 2 heteroatoms. The Labute approximate surface area is 96.2 Å². The van der Waals surface area contributed by atoms with Crippen molar-refractivity contribution in [3.05, 3.63) is 0 Å². The standard InChI is InChI=1S/C13H30N2/c1-6-8-10-15(11-9-7-2)12(14)13(3,4)5/h12H,6-11,14H2,1-5H3. The molecule has 0 fully saturated rings. The smallest absolute Gasteiger partial charge is 0.0621 e. The summed E-state index contributed by atoms with van der Waals surface area (Å²) in [4.78, 5) is 2.45. The van der Waals surface area contributed by atoms with E-state index in [1.54, 1.807) is 0 Å². The van der Waals surface area contributed by atoms with E-state index in [-0.39, 0.29) is 11.6 Å². The highest BCUT2D eigenvalue weighted by Crippen LogP contribution is 2.21. The summed E-state index contributed by atoms with van der Waals surface area (Å²) < 4.78 is 0. The molecule has 0 radical (unpaired) electrons. The van der Waals surface area contributed by atoms with E-state index in [0.29, 0.717) is 0 Å². The average Bonchev–Trinajstić information content (AvgIpc) is 2.16. The monoisotopic (exact) mass is 214 g/mol. The van der Waals surface area contributed by atoms with Gasteiger partial charge in [-0.05, 0) is 31.3 Å². The molecular weight excluding hydrogens is 184 g/mol. The van der Waals surface area contributed by atoms with Crippen molar-refractivity contribution in [1.82, 2.24) is 4.90 Å². The minimum atomic E-state index is 0.182. The van der Waals surface area contributed by atoms with Gasteiger partial charge >= 0.3 is 0 Å². The quantitative estimate of drug-likeness (QED) is 0.659. The van der Waals surface area contributed by atoms with Crippen molar-refractivity contribution >= 4 is 0 Å². The van der Waals surface area contributed by atoms with E-state index in [1.807, 2.05) is 0 Å². The lowest BCUT2D eigenvalue weighted by Crippen LogP contribution is -2.51. The van der Waals surface area contributed by atoms with Gasteiger partial charge in [0.25, 0.3) is 0 Å². The van der Waals surface area contributed by atoms with Crippen LogP contribution in [0.5, 0.6) is 0 Å². The topological polar surface area (TPSA) is 29.3 Å². The summed E-state index contributed by atoms with van der Waals surface area (Å²) in [5.41, 5.74) is 6.48. The largest absolute Gasteiger partial charge is 0.315 e. The van der Waals surface area contributed by atoms with Crippen molar-refractivity contribution < 1.29 is 0 Å². The van der Waals surface area contributed by atoms with Gasteiger partial charge in [-0.25, -0.2) is 0 Å². The zero-order valence-corrected chi connectivity index (χ0v) is 11.3. The summed E-state index contributed by atoms with van der Waals surface area (Å²) >= 11 is 0. The first-order chi connectivity index (χ1) is 6.93. The van der Waals surface area contributed by atoms with Crippen LogP contribution in [0.25, 0.3) is 0 Å². The second kappa shape index (κ2) is 7.24. The Morgan fingerprint density at radius 2 is 1.40 bits per heavy atom. The number of nitrogens with two attached hydrogens (primary N) is 1. The minimum Gasteiger partial charge on any atom is -0.315 e. The molecule has 2 nitrogen and oxygen atoms in total. The van der Waals surface area contributed by atoms with Crippen LogP contribution in [0.15, 0.2) is 0 Å². The molecule has 0 spiro atoms. The molecule has 1 atom stereocenters. The van der Waals surface area contributed by atoms with E-state index in [1.165, 1.54) is 25.7 Å². The first kappa shape index (κ1) is 14.9. The van der Waals surface area contributed by atoms with E-state index in [9.17, 15) is 0 Å². The first-order valence-electron chi connectivity index (χ1n) is 6.43. The molecule has 0 amide bonds. The molecule has 0 saturated carbocycles. The third kappa shape index (κ3) is 6.16. The Hall–Kier alpha value is -0.0800. The lowest BCUT2D eigenvalue weighted by Gasteiger charge is -2.37. The molecule has 1 unspecified atom stereocenters. The fourth-order valence-electron chi connectivity index (χ4n) is 1.66. The van der Waals surface area contributed by atoms with Crippen LogP contribution in [0.1, 0.15) is 60.3 Å². The van der Waals surface area contributed by atoms with Gasteiger partial charge in [-0.1, -0.05) is 47.5 Å². The molecule has 15 heavy (non-hydrogen) atoms. The van der Waals surface area contributed by atoms with E-state index >= 15 is 0 Å². The van der Waals surface area contributed by atoms with E-state index in [0.717, 1.165) is 13.1 Å². The third-order valence-electron chi connectivity index (χ3n) is 2.88. The second-order valence-electron chi connectivity index (χ2n) is 5.55. The zero-order chi connectivity index (χ0) is 11.9. The maximum atomic E-state index is 6.30. The summed E-state index contributed by atoms with van der Waals surface area (Å²) in [5, 5.41) is 0. The Kier molecular flexibility index (Phi) is 7.20. The van der Waals surface area contributed by atoms with Crippen molar-refractivity contribution in [3.8, 4) is 0 Å². The van der Waals surface area contributed by atoms with Crippen LogP contribution in [0, 0.1) is 5.41 Å². The molecule has 0 aromatic rings. The molecule has 0 aromatic heterocycles. The van der Waals surface area contributed by atoms with Gasteiger partial charge in [-0.2, -0.15) is 0 Å². The molecule has 0 saturated heterocycles. The summed E-state index contributed by atoms with van der Waals surface area (Å²) in [6, 6.07) is 0. The molecule has 92 valence electrons. The van der Waals surface area contributed by atoms with E-state index in [4.69, 9.17) is 5.73 Å². The van der Waals surface area contributed by atoms with Gasteiger partial charge in [0.2, 0.25) is 0 Å². The molecule has 0 bridgehead atoms. The van der Waals surface area contributed by atoms with Crippen LogP contribution in [0.3, 0.4) is 0 Å². The number of hydrogen-bond acceptors (Lipinski definition) is 2. The normalized spacial score (nSPS) is 14.6. The fraction of sp³-hybridized carbons (Fsp3) is 1.00. The van der Waals surface area contributed by atoms with E-state index < -0.39 is 0 Å². The first-order valence-corrected chi connectivity index (χ1v) is 6.43. The highest BCUT2D eigenvalue weighted by Gasteiger charge is 2.25. The number of rotatable bonds is 7. The summed E-state index contributed by atoms with van der Waals surface area (Å²) in [5.74, 6) is 0. The van der Waals surface area contributed by atoms with Crippen molar-refractivity contribution in [2.75, 3.05) is 13.1 Å². The van der Waals surface area contributed by atoms with Crippen molar-refractivity contribution in [1.29, 1.82) is 0 Å². The number of unbranched alkanes of at least 4 members (excludes halogenated alkanes) is 2. The van der Waals surface area contributed by atoms with Crippen molar-refractivity contribution in [2.45, 2.75) is 66.5 Å². The number of nitrogens with zero attached hydrogens (tertiary/aromatic N) is 1. The van der Waals surface area contributed by atoms with Crippen molar-refractivity contribution in [3.63, 3.8) is 0 Å².